The second kappa shape index (κ2) is 7.82. The number of rotatable bonds is 5. The first-order chi connectivity index (χ1) is 12.7. The third kappa shape index (κ3) is 3.79. The molecule has 3 heterocycles. The number of aromatic nitrogens is 4. The summed E-state index contributed by atoms with van der Waals surface area (Å²) in [5, 5.41) is 12.7. The highest BCUT2D eigenvalue weighted by Crippen LogP contribution is 2.28. The predicted molar refractivity (Wildman–Crippen MR) is 98.9 cm³/mol. The normalized spacial score (nSPS) is 23.4. The lowest BCUT2D eigenvalue weighted by Gasteiger charge is -2.37. The standard InChI is InChI=1S/C19H28N6O/c1-15-5-7-16(8-6-15)18(24-11-9-23(2)10-12-24)19-20-21-22-25(19)14-17-4-3-13-26-17/h5-8,17-18H,3-4,9-14H2,1-2H3/t17-,18+/m1/s1. The molecule has 2 fully saturated rings. The predicted octanol–water partition coefficient (Wildman–Crippen LogP) is 1.50. The largest absolute Gasteiger partial charge is 0.376 e. The van der Waals surface area contributed by atoms with Gasteiger partial charge in [0.15, 0.2) is 5.82 Å². The van der Waals surface area contributed by atoms with E-state index in [0.29, 0.717) is 0 Å². The maximum Gasteiger partial charge on any atom is 0.173 e. The molecule has 2 aliphatic rings. The Bertz CT molecular complexity index is 701. The number of ether oxygens (including phenoxy) is 1. The third-order valence-electron chi connectivity index (χ3n) is 5.50. The van der Waals surface area contributed by atoms with E-state index in [0.717, 1.165) is 58.0 Å². The molecule has 1 aromatic heterocycles. The van der Waals surface area contributed by atoms with E-state index in [-0.39, 0.29) is 12.1 Å². The topological polar surface area (TPSA) is 59.3 Å². The number of benzene rings is 1. The van der Waals surface area contributed by atoms with Crippen LogP contribution in [-0.2, 0) is 11.3 Å². The molecule has 140 valence electrons. The highest BCUT2D eigenvalue weighted by atomic mass is 16.5. The SMILES string of the molecule is Cc1ccc([C@@H](c2nnnn2C[C@H]2CCCO2)N2CCN(C)CC2)cc1. The Kier molecular flexibility index (Phi) is 5.28. The second-order valence-corrected chi connectivity index (χ2v) is 7.51. The Balaban J connectivity index is 1.64. The van der Waals surface area contributed by atoms with E-state index in [1.165, 1.54) is 11.1 Å². The van der Waals surface area contributed by atoms with Crippen molar-refractivity contribution in [2.75, 3.05) is 39.8 Å². The summed E-state index contributed by atoms with van der Waals surface area (Å²) in [6.45, 7) is 7.87. The van der Waals surface area contributed by atoms with E-state index in [1.807, 2.05) is 4.68 Å². The molecule has 0 aliphatic carbocycles. The van der Waals surface area contributed by atoms with E-state index in [1.54, 1.807) is 0 Å². The average molecular weight is 356 g/mol. The smallest absolute Gasteiger partial charge is 0.173 e. The van der Waals surface area contributed by atoms with Crippen molar-refractivity contribution < 1.29 is 4.74 Å². The third-order valence-corrected chi connectivity index (χ3v) is 5.50. The lowest BCUT2D eigenvalue weighted by atomic mass is 10.0. The van der Waals surface area contributed by atoms with Crippen molar-refractivity contribution in [2.24, 2.45) is 0 Å². The van der Waals surface area contributed by atoms with Crippen molar-refractivity contribution in [2.45, 2.75) is 38.5 Å². The molecule has 7 heteroatoms. The lowest BCUT2D eigenvalue weighted by molar-refractivity contribution is 0.0879. The molecule has 7 nitrogen and oxygen atoms in total. The van der Waals surface area contributed by atoms with Gasteiger partial charge in [-0.3, -0.25) is 4.90 Å². The molecule has 1 aromatic carbocycles. The van der Waals surface area contributed by atoms with E-state index in [2.05, 4.69) is 63.6 Å². The maximum absolute atomic E-state index is 5.81. The first kappa shape index (κ1) is 17.6. The summed E-state index contributed by atoms with van der Waals surface area (Å²) in [5.74, 6) is 0.925. The van der Waals surface area contributed by atoms with E-state index in [9.17, 15) is 0 Å². The first-order valence-corrected chi connectivity index (χ1v) is 9.57. The Morgan fingerprint density at radius 3 is 2.62 bits per heavy atom. The van der Waals surface area contributed by atoms with E-state index in [4.69, 9.17) is 4.74 Å². The molecule has 0 amide bonds. The quantitative estimate of drug-likeness (QED) is 0.809. The van der Waals surface area contributed by atoms with Crippen LogP contribution >= 0.6 is 0 Å². The van der Waals surface area contributed by atoms with Gasteiger partial charge in [0.25, 0.3) is 0 Å². The fourth-order valence-electron chi connectivity index (χ4n) is 3.87. The van der Waals surface area contributed by atoms with Crippen LogP contribution < -0.4 is 0 Å². The zero-order chi connectivity index (χ0) is 17.9. The highest BCUT2D eigenvalue weighted by Gasteiger charge is 2.30. The summed E-state index contributed by atoms with van der Waals surface area (Å²) in [7, 11) is 2.18. The number of hydrogen-bond acceptors (Lipinski definition) is 6. The van der Waals surface area contributed by atoms with Gasteiger partial charge in [-0.2, -0.15) is 0 Å². The molecule has 0 unspecified atom stereocenters. The van der Waals surface area contributed by atoms with Gasteiger partial charge in [-0.15, -0.1) is 5.10 Å². The Morgan fingerprint density at radius 1 is 1.15 bits per heavy atom. The van der Waals surface area contributed by atoms with Gasteiger partial charge in [-0.05, 0) is 42.8 Å². The first-order valence-electron chi connectivity index (χ1n) is 9.57. The van der Waals surface area contributed by atoms with Crippen LogP contribution in [0.25, 0.3) is 0 Å². The zero-order valence-electron chi connectivity index (χ0n) is 15.7. The number of likely N-dealkylation sites (N-methyl/N-ethyl adjacent to an activating group) is 1. The van der Waals surface area contributed by atoms with Crippen LogP contribution in [0.2, 0.25) is 0 Å². The minimum absolute atomic E-state index is 0.0840. The van der Waals surface area contributed by atoms with Crippen LogP contribution in [0.15, 0.2) is 24.3 Å². The van der Waals surface area contributed by atoms with Crippen molar-refractivity contribution in [1.82, 2.24) is 30.0 Å². The molecule has 26 heavy (non-hydrogen) atoms. The Hall–Kier alpha value is -1.83. The summed E-state index contributed by atoms with van der Waals surface area (Å²) in [6.07, 6.45) is 2.44. The van der Waals surface area contributed by atoms with Gasteiger partial charge in [0.2, 0.25) is 0 Å². The zero-order valence-corrected chi connectivity index (χ0v) is 15.7. The molecule has 2 atom stereocenters. The van der Waals surface area contributed by atoms with Crippen LogP contribution in [0, 0.1) is 6.92 Å². The summed E-state index contributed by atoms with van der Waals surface area (Å²) in [6, 6.07) is 8.85. The lowest BCUT2D eigenvalue weighted by Crippen LogP contribution is -2.46. The van der Waals surface area contributed by atoms with Crippen molar-refractivity contribution in [3.05, 3.63) is 41.2 Å². The van der Waals surface area contributed by atoms with Crippen LogP contribution in [-0.4, -0.2) is 75.9 Å². The Labute approximate surface area is 154 Å². The number of nitrogens with zero attached hydrogens (tertiary/aromatic N) is 6. The maximum atomic E-state index is 5.81. The fourth-order valence-corrected chi connectivity index (χ4v) is 3.87. The van der Waals surface area contributed by atoms with Crippen molar-refractivity contribution in [3.63, 3.8) is 0 Å². The Morgan fingerprint density at radius 2 is 1.92 bits per heavy atom. The second-order valence-electron chi connectivity index (χ2n) is 7.51. The summed E-state index contributed by atoms with van der Waals surface area (Å²) < 4.78 is 7.76. The molecule has 0 bridgehead atoms. The van der Waals surface area contributed by atoms with Crippen LogP contribution in [0.5, 0.6) is 0 Å². The number of aryl methyl sites for hydroxylation is 1. The highest BCUT2D eigenvalue weighted by molar-refractivity contribution is 5.28. The molecule has 0 N–H and O–H groups in total. The summed E-state index contributed by atoms with van der Waals surface area (Å²) in [4.78, 5) is 4.88. The monoisotopic (exact) mass is 356 g/mol. The molecule has 2 aromatic rings. The molecule has 2 aliphatic heterocycles. The number of tetrazole rings is 1. The molecule has 0 saturated carbocycles. The van der Waals surface area contributed by atoms with Gasteiger partial charge >= 0.3 is 0 Å². The van der Waals surface area contributed by atoms with Crippen molar-refractivity contribution in [1.29, 1.82) is 0 Å². The summed E-state index contributed by atoms with van der Waals surface area (Å²) >= 11 is 0. The van der Waals surface area contributed by atoms with Gasteiger partial charge in [-0.25, -0.2) is 4.68 Å². The van der Waals surface area contributed by atoms with Gasteiger partial charge in [0.05, 0.1) is 18.7 Å². The summed E-state index contributed by atoms with van der Waals surface area (Å²) in [5.41, 5.74) is 2.52. The van der Waals surface area contributed by atoms with Crippen molar-refractivity contribution >= 4 is 0 Å². The minimum atomic E-state index is 0.0840. The molecule has 4 rings (SSSR count). The van der Waals surface area contributed by atoms with Gasteiger partial charge < -0.3 is 9.64 Å². The molecular weight excluding hydrogens is 328 g/mol. The van der Waals surface area contributed by atoms with Gasteiger partial charge in [-0.1, -0.05) is 29.8 Å². The number of hydrogen-bond donors (Lipinski definition) is 0. The minimum Gasteiger partial charge on any atom is -0.376 e. The molecule has 0 radical (unpaired) electrons. The van der Waals surface area contributed by atoms with E-state index < -0.39 is 0 Å². The molecule has 2 saturated heterocycles. The van der Waals surface area contributed by atoms with Gasteiger partial charge in [0, 0.05) is 32.8 Å². The molecular formula is C19H28N6O. The van der Waals surface area contributed by atoms with Crippen LogP contribution in [0.1, 0.15) is 35.8 Å². The molecule has 0 spiro atoms. The van der Waals surface area contributed by atoms with Crippen molar-refractivity contribution in [3.8, 4) is 0 Å². The van der Waals surface area contributed by atoms with E-state index >= 15 is 0 Å². The average Bonchev–Trinajstić information content (AvgIpc) is 3.32. The van der Waals surface area contributed by atoms with Crippen LogP contribution in [0.4, 0.5) is 0 Å². The number of piperazine rings is 1. The van der Waals surface area contributed by atoms with Crippen LogP contribution in [0.3, 0.4) is 0 Å². The fraction of sp³-hybridized carbons (Fsp3) is 0.632. The van der Waals surface area contributed by atoms with Gasteiger partial charge in [0.1, 0.15) is 0 Å².